The van der Waals surface area contributed by atoms with Crippen LogP contribution in [0, 0.1) is 0 Å². The highest BCUT2D eigenvalue weighted by molar-refractivity contribution is 14.0. The quantitative estimate of drug-likeness (QED) is 0.415. The van der Waals surface area contributed by atoms with Crippen molar-refractivity contribution >= 4 is 40.0 Å². The van der Waals surface area contributed by atoms with Crippen molar-refractivity contribution in [2.75, 3.05) is 27.2 Å². The third kappa shape index (κ3) is 5.10. The van der Waals surface area contributed by atoms with Crippen molar-refractivity contribution in [2.24, 2.45) is 10.7 Å². The Morgan fingerprint density at radius 2 is 1.73 bits per heavy atom. The van der Waals surface area contributed by atoms with Crippen molar-refractivity contribution < 1.29 is 8.42 Å². The number of benzene rings is 1. The molecule has 1 rings (SSSR count). The molecular weight excluding hydrogens is 415 g/mol. The van der Waals surface area contributed by atoms with Gasteiger partial charge in [-0.05, 0) is 25.5 Å². The van der Waals surface area contributed by atoms with Crippen LogP contribution < -0.4 is 5.73 Å². The zero-order valence-corrected chi connectivity index (χ0v) is 16.6. The molecular formula is C14H25IN4O2S. The molecule has 22 heavy (non-hydrogen) atoms. The maximum Gasteiger partial charge on any atom is 0.242 e. The van der Waals surface area contributed by atoms with Crippen LogP contribution in [-0.2, 0) is 16.6 Å². The zero-order chi connectivity index (χ0) is 16.0. The fourth-order valence-electron chi connectivity index (χ4n) is 1.90. The Labute approximate surface area is 150 Å². The van der Waals surface area contributed by atoms with E-state index in [1.54, 1.807) is 24.3 Å². The third-order valence-electron chi connectivity index (χ3n) is 3.23. The molecule has 0 aliphatic carbocycles. The van der Waals surface area contributed by atoms with Crippen LogP contribution in [-0.4, -0.2) is 50.8 Å². The topological polar surface area (TPSA) is 79.0 Å². The molecule has 0 radical (unpaired) electrons. The van der Waals surface area contributed by atoms with Gasteiger partial charge in [-0.15, -0.1) is 24.0 Å². The van der Waals surface area contributed by atoms with E-state index in [9.17, 15) is 8.42 Å². The molecule has 0 saturated carbocycles. The van der Waals surface area contributed by atoms with Gasteiger partial charge in [0, 0.05) is 27.2 Å². The lowest BCUT2D eigenvalue weighted by molar-refractivity contribution is 0.458. The van der Waals surface area contributed by atoms with Gasteiger partial charge in [-0.25, -0.2) is 17.7 Å². The lowest BCUT2D eigenvalue weighted by Crippen LogP contribution is -2.37. The molecule has 0 aromatic heterocycles. The Balaban J connectivity index is 0.00000441. The number of aliphatic imine (C=N–C) groups is 1. The van der Waals surface area contributed by atoms with Gasteiger partial charge >= 0.3 is 0 Å². The average Bonchev–Trinajstić information content (AvgIpc) is 2.46. The van der Waals surface area contributed by atoms with Gasteiger partial charge < -0.3 is 10.6 Å². The Hall–Kier alpha value is -0.870. The van der Waals surface area contributed by atoms with Gasteiger partial charge in [-0.2, -0.15) is 0 Å². The van der Waals surface area contributed by atoms with E-state index in [4.69, 9.17) is 5.73 Å². The molecule has 0 spiro atoms. The second kappa shape index (κ2) is 9.31. The minimum Gasteiger partial charge on any atom is -0.370 e. The van der Waals surface area contributed by atoms with Crippen molar-refractivity contribution in [3.63, 3.8) is 0 Å². The van der Waals surface area contributed by atoms with Gasteiger partial charge in [0.05, 0.1) is 11.4 Å². The van der Waals surface area contributed by atoms with E-state index in [0.29, 0.717) is 11.5 Å². The van der Waals surface area contributed by atoms with Crippen LogP contribution in [0.4, 0.5) is 0 Å². The SMILES string of the molecule is CCN(CC)C(N)=NCc1ccccc1S(=O)(=O)N(C)C.I. The van der Waals surface area contributed by atoms with E-state index in [0.717, 1.165) is 13.1 Å². The summed E-state index contributed by atoms with van der Waals surface area (Å²) in [5.74, 6) is 0.428. The number of halogens is 1. The lowest BCUT2D eigenvalue weighted by atomic mass is 10.2. The normalized spacial score (nSPS) is 12.1. The fraction of sp³-hybridized carbons (Fsp3) is 0.500. The van der Waals surface area contributed by atoms with Gasteiger partial charge in [0.25, 0.3) is 0 Å². The van der Waals surface area contributed by atoms with E-state index >= 15 is 0 Å². The van der Waals surface area contributed by atoms with Gasteiger partial charge in [0.15, 0.2) is 5.96 Å². The number of sulfonamides is 1. The van der Waals surface area contributed by atoms with Gasteiger partial charge in [0.2, 0.25) is 10.0 Å². The Kier molecular flexibility index (Phi) is 8.94. The van der Waals surface area contributed by atoms with Crippen LogP contribution in [0.25, 0.3) is 0 Å². The van der Waals surface area contributed by atoms with Gasteiger partial charge in [-0.3, -0.25) is 0 Å². The second-order valence-corrected chi connectivity index (χ2v) is 6.86. The molecule has 1 aromatic rings. The first-order valence-corrected chi connectivity index (χ1v) is 8.33. The largest absolute Gasteiger partial charge is 0.370 e. The third-order valence-corrected chi connectivity index (χ3v) is 5.15. The molecule has 0 fully saturated rings. The number of nitrogens with two attached hydrogens (primary N) is 1. The second-order valence-electron chi connectivity index (χ2n) is 4.74. The number of hydrogen-bond acceptors (Lipinski definition) is 3. The van der Waals surface area contributed by atoms with E-state index in [1.807, 2.05) is 18.7 Å². The zero-order valence-electron chi connectivity index (χ0n) is 13.5. The van der Waals surface area contributed by atoms with E-state index in [1.165, 1.54) is 18.4 Å². The molecule has 0 unspecified atom stereocenters. The van der Waals surface area contributed by atoms with Crippen LogP contribution in [0.15, 0.2) is 34.2 Å². The van der Waals surface area contributed by atoms with Crippen LogP contribution in [0.3, 0.4) is 0 Å². The standard InChI is InChI=1S/C14H24N4O2S.HI/c1-5-18(6-2)14(15)16-11-12-9-7-8-10-13(12)21(19,20)17(3)4;/h7-10H,5-6,11H2,1-4H3,(H2,15,16);1H. The van der Waals surface area contributed by atoms with Gasteiger partial charge in [0.1, 0.15) is 0 Å². The fourth-order valence-corrected chi connectivity index (χ4v) is 3.00. The van der Waals surface area contributed by atoms with Crippen molar-refractivity contribution in [1.29, 1.82) is 0 Å². The molecule has 2 N–H and O–H groups in total. The van der Waals surface area contributed by atoms with Crippen molar-refractivity contribution in [3.05, 3.63) is 29.8 Å². The van der Waals surface area contributed by atoms with Crippen molar-refractivity contribution in [1.82, 2.24) is 9.21 Å². The summed E-state index contributed by atoms with van der Waals surface area (Å²) in [6.07, 6.45) is 0. The molecule has 6 nitrogen and oxygen atoms in total. The van der Waals surface area contributed by atoms with Crippen LogP contribution >= 0.6 is 24.0 Å². The summed E-state index contributed by atoms with van der Waals surface area (Å²) >= 11 is 0. The molecule has 126 valence electrons. The number of guanidine groups is 1. The highest BCUT2D eigenvalue weighted by Crippen LogP contribution is 2.19. The monoisotopic (exact) mass is 440 g/mol. The molecule has 0 saturated heterocycles. The van der Waals surface area contributed by atoms with Crippen LogP contribution in [0.5, 0.6) is 0 Å². The van der Waals surface area contributed by atoms with E-state index in [2.05, 4.69) is 4.99 Å². The van der Waals surface area contributed by atoms with Gasteiger partial charge in [-0.1, -0.05) is 18.2 Å². The first-order valence-electron chi connectivity index (χ1n) is 6.89. The summed E-state index contributed by atoms with van der Waals surface area (Å²) in [5, 5.41) is 0. The lowest BCUT2D eigenvalue weighted by Gasteiger charge is -2.19. The highest BCUT2D eigenvalue weighted by Gasteiger charge is 2.20. The Bertz CT molecular complexity index is 599. The predicted molar refractivity (Wildman–Crippen MR) is 101 cm³/mol. The summed E-state index contributed by atoms with van der Waals surface area (Å²) < 4.78 is 25.8. The van der Waals surface area contributed by atoms with E-state index in [-0.39, 0.29) is 35.4 Å². The minimum atomic E-state index is -3.48. The predicted octanol–water partition coefficient (Wildman–Crippen LogP) is 1.71. The van der Waals surface area contributed by atoms with Crippen LogP contribution in [0.2, 0.25) is 0 Å². The Morgan fingerprint density at radius 1 is 1.18 bits per heavy atom. The number of hydrogen-bond donors (Lipinski definition) is 1. The van der Waals surface area contributed by atoms with Crippen molar-refractivity contribution in [3.8, 4) is 0 Å². The molecule has 8 heteroatoms. The molecule has 0 atom stereocenters. The molecule has 0 aliphatic heterocycles. The molecule has 0 heterocycles. The minimum absolute atomic E-state index is 0. The summed E-state index contributed by atoms with van der Waals surface area (Å²) in [6.45, 7) is 5.77. The number of rotatable bonds is 6. The maximum atomic E-state index is 12.3. The van der Waals surface area contributed by atoms with E-state index < -0.39 is 10.0 Å². The summed E-state index contributed by atoms with van der Waals surface area (Å²) in [4.78, 5) is 6.50. The smallest absolute Gasteiger partial charge is 0.242 e. The van der Waals surface area contributed by atoms with Crippen molar-refractivity contribution in [2.45, 2.75) is 25.3 Å². The summed E-state index contributed by atoms with van der Waals surface area (Å²) in [7, 11) is -0.450. The highest BCUT2D eigenvalue weighted by atomic mass is 127. The number of nitrogens with zero attached hydrogens (tertiary/aromatic N) is 3. The summed E-state index contributed by atoms with van der Waals surface area (Å²) in [5.41, 5.74) is 6.56. The first-order chi connectivity index (χ1) is 9.84. The molecule has 1 aromatic carbocycles. The summed E-state index contributed by atoms with van der Waals surface area (Å²) in [6, 6.07) is 6.85. The first kappa shape index (κ1) is 21.1. The maximum absolute atomic E-state index is 12.3. The Morgan fingerprint density at radius 3 is 2.23 bits per heavy atom. The molecule has 0 aliphatic rings. The average molecular weight is 440 g/mol. The molecule has 0 bridgehead atoms. The molecule has 0 amide bonds. The van der Waals surface area contributed by atoms with Crippen LogP contribution in [0.1, 0.15) is 19.4 Å².